The molecule has 0 saturated carbocycles. The lowest BCUT2D eigenvalue weighted by Crippen LogP contribution is -2.34. The second-order valence-corrected chi connectivity index (χ2v) is 5.69. The van der Waals surface area contributed by atoms with E-state index in [1.165, 1.54) is 0 Å². The van der Waals surface area contributed by atoms with Crippen LogP contribution in [0.2, 0.25) is 0 Å². The maximum absolute atomic E-state index is 11.6. The zero-order valence-corrected chi connectivity index (χ0v) is 13.4. The summed E-state index contributed by atoms with van der Waals surface area (Å²) < 4.78 is 0.930. The zero-order valence-electron chi connectivity index (χ0n) is 11.8. The third kappa shape index (κ3) is 4.21. The molecule has 19 heavy (non-hydrogen) atoms. The van der Waals surface area contributed by atoms with Crippen molar-refractivity contribution in [2.45, 2.75) is 20.0 Å². The average Bonchev–Trinajstić information content (AvgIpc) is 2.37. The monoisotopic (exact) mass is 328 g/mol. The van der Waals surface area contributed by atoms with Crippen molar-refractivity contribution in [1.29, 1.82) is 0 Å². The fourth-order valence-electron chi connectivity index (χ4n) is 2.05. The van der Waals surface area contributed by atoms with Gasteiger partial charge in [-0.3, -0.25) is 4.79 Å². The molecule has 1 amide bonds. The summed E-state index contributed by atoms with van der Waals surface area (Å²) in [6, 6.07) is 5.78. The number of rotatable bonds is 5. The van der Waals surface area contributed by atoms with Gasteiger partial charge in [-0.05, 0) is 25.1 Å². The molecule has 1 rings (SSSR count). The smallest absolute Gasteiger partial charge is 0.224 e. The Morgan fingerprint density at radius 1 is 1.47 bits per heavy atom. The SMILES string of the molecule is CNC(=O)C(C)CN(C)c1ccc(Br)cc1C(C)O. The number of benzene rings is 1. The van der Waals surface area contributed by atoms with Crippen molar-refractivity contribution in [3.05, 3.63) is 28.2 Å². The molecule has 1 aromatic carbocycles. The normalized spacial score (nSPS) is 13.8. The number of aliphatic hydroxyl groups is 1. The second kappa shape index (κ2) is 6.91. The van der Waals surface area contributed by atoms with Crippen LogP contribution in [0.4, 0.5) is 5.69 Å². The van der Waals surface area contributed by atoms with E-state index in [4.69, 9.17) is 0 Å². The molecule has 2 atom stereocenters. The molecule has 1 aromatic rings. The topological polar surface area (TPSA) is 52.6 Å². The summed E-state index contributed by atoms with van der Waals surface area (Å²) in [4.78, 5) is 13.6. The van der Waals surface area contributed by atoms with Gasteiger partial charge >= 0.3 is 0 Å². The number of nitrogens with zero attached hydrogens (tertiary/aromatic N) is 1. The summed E-state index contributed by atoms with van der Waals surface area (Å²) >= 11 is 3.41. The van der Waals surface area contributed by atoms with Crippen molar-refractivity contribution < 1.29 is 9.90 Å². The second-order valence-electron chi connectivity index (χ2n) is 4.77. The van der Waals surface area contributed by atoms with E-state index in [0.29, 0.717) is 6.54 Å². The van der Waals surface area contributed by atoms with Crippen LogP contribution in [-0.2, 0) is 4.79 Å². The van der Waals surface area contributed by atoms with Crippen molar-refractivity contribution in [2.75, 3.05) is 25.5 Å². The number of anilines is 1. The minimum atomic E-state index is -0.551. The first kappa shape index (κ1) is 16.0. The molecule has 0 heterocycles. The first-order chi connectivity index (χ1) is 8.86. The fraction of sp³-hybridized carbons (Fsp3) is 0.500. The van der Waals surface area contributed by atoms with Crippen molar-refractivity contribution in [3.63, 3.8) is 0 Å². The zero-order chi connectivity index (χ0) is 14.6. The standard InChI is InChI=1S/C14H21BrN2O2/c1-9(14(19)16-3)8-17(4)13-6-5-11(15)7-12(13)10(2)18/h5-7,9-10,18H,8H2,1-4H3,(H,16,19). The third-order valence-electron chi connectivity index (χ3n) is 3.09. The summed E-state index contributed by atoms with van der Waals surface area (Å²) in [5, 5.41) is 12.5. The van der Waals surface area contributed by atoms with E-state index < -0.39 is 6.10 Å². The molecule has 0 saturated heterocycles. The Balaban J connectivity index is 2.93. The highest BCUT2D eigenvalue weighted by Crippen LogP contribution is 2.29. The van der Waals surface area contributed by atoms with Gasteiger partial charge in [-0.15, -0.1) is 0 Å². The third-order valence-corrected chi connectivity index (χ3v) is 3.59. The number of aliphatic hydroxyl groups excluding tert-OH is 1. The van der Waals surface area contributed by atoms with Gasteiger partial charge < -0.3 is 15.3 Å². The fourth-order valence-corrected chi connectivity index (χ4v) is 2.42. The van der Waals surface area contributed by atoms with Crippen LogP contribution >= 0.6 is 15.9 Å². The molecule has 0 aromatic heterocycles. The molecule has 106 valence electrons. The highest BCUT2D eigenvalue weighted by molar-refractivity contribution is 9.10. The Morgan fingerprint density at radius 3 is 2.63 bits per heavy atom. The molecule has 4 nitrogen and oxygen atoms in total. The van der Waals surface area contributed by atoms with Gasteiger partial charge in [0.25, 0.3) is 0 Å². The van der Waals surface area contributed by atoms with E-state index in [0.717, 1.165) is 15.7 Å². The molecule has 0 fully saturated rings. The van der Waals surface area contributed by atoms with Crippen LogP contribution in [0, 0.1) is 5.92 Å². The van der Waals surface area contributed by atoms with Gasteiger partial charge in [0.1, 0.15) is 0 Å². The molecule has 0 aliphatic heterocycles. The van der Waals surface area contributed by atoms with Crippen LogP contribution in [0.25, 0.3) is 0 Å². The van der Waals surface area contributed by atoms with Crippen molar-refractivity contribution in [2.24, 2.45) is 5.92 Å². The predicted molar refractivity (Wildman–Crippen MR) is 81.3 cm³/mol. The summed E-state index contributed by atoms with van der Waals surface area (Å²) in [5.41, 5.74) is 1.79. The summed E-state index contributed by atoms with van der Waals surface area (Å²) in [6.07, 6.45) is -0.551. The summed E-state index contributed by atoms with van der Waals surface area (Å²) in [5.74, 6) is -0.0944. The maximum atomic E-state index is 11.6. The first-order valence-corrected chi connectivity index (χ1v) is 7.06. The summed E-state index contributed by atoms with van der Waals surface area (Å²) in [7, 11) is 3.56. The Labute approximate surface area is 122 Å². The quantitative estimate of drug-likeness (QED) is 0.872. The van der Waals surface area contributed by atoms with E-state index in [9.17, 15) is 9.90 Å². The Bertz CT molecular complexity index is 449. The summed E-state index contributed by atoms with van der Waals surface area (Å²) in [6.45, 7) is 4.22. The lowest BCUT2D eigenvalue weighted by Gasteiger charge is -2.26. The molecule has 2 N–H and O–H groups in total. The van der Waals surface area contributed by atoms with Gasteiger partial charge in [-0.2, -0.15) is 0 Å². The van der Waals surface area contributed by atoms with Crippen molar-refractivity contribution in [3.8, 4) is 0 Å². The van der Waals surface area contributed by atoms with E-state index in [1.807, 2.05) is 37.1 Å². The van der Waals surface area contributed by atoms with E-state index in [-0.39, 0.29) is 11.8 Å². The number of amides is 1. The van der Waals surface area contributed by atoms with Gasteiger partial charge in [0.05, 0.1) is 12.0 Å². The van der Waals surface area contributed by atoms with Crippen LogP contribution in [-0.4, -0.2) is 31.7 Å². The largest absolute Gasteiger partial charge is 0.389 e. The molecular weight excluding hydrogens is 308 g/mol. The Morgan fingerprint density at radius 2 is 2.11 bits per heavy atom. The number of halogens is 1. The molecule has 0 radical (unpaired) electrons. The van der Waals surface area contributed by atoms with E-state index in [1.54, 1.807) is 14.0 Å². The van der Waals surface area contributed by atoms with Crippen molar-refractivity contribution in [1.82, 2.24) is 5.32 Å². The van der Waals surface area contributed by atoms with Gasteiger partial charge in [0.2, 0.25) is 5.91 Å². The molecule has 2 unspecified atom stereocenters. The molecule has 0 aliphatic rings. The van der Waals surface area contributed by atoms with Gasteiger partial charge in [0, 0.05) is 36.4 Å². The number of carbonyl (C=O) groups excluding carboxylic acids is 1. The minimum absolute atomic E-state index is 0.0163. The predicted octanol–water partition coefficient (Wildman–Crippen LogP) is 2.32. The van der Waals surface area contributed by atoms with Crippen molar-refractivity contribution >= 4 is 27.5 Å². The molecular formula is C14H21BrN2O2. The van der Waals surface area contributed by atoms with Gasteiger partial charge in [0.15, 0.2) is 0 Å². The highest BCUT2D eigenvalue weighted by atomic mass is 79.9. The number of carbonyl (C=O) groups is 1. The van der Waals surface area contributed by atoms with Crippen LogP contribution in [0.1, 0.15) is 25.5 Å². The Kier molecular flexibility index (Phi) is 5.82. The van der Waals surface area contributed by atoms with E-state index >= 15 is 0 Å². The maximum Gasteiger partial charge on any atom is 0.224 e. The molecule has 0 bridgehead atoms. The van der Waals surface area contributed by atoms with Crippen LogP contribution in [0.15, 0.2) is 22.7 Å². The van der Waals surface area contributed by atoms with Gasteiger partial charge in [-0.1, -0.05) is 22.9 Å². The lowest BCUT2D eigenvalue weighted by atomic mass is 10.1. The van der Waals surface area contributed by atoms with Crippen LogP contribution in [0.5, 0.6) is 0 Å². The minimum Gasteiger partial charge on any atom is -0.389 e. The Hall–Kier alpha value is -1.07. The van der Waals surface area contributed by atoms with Crippen LogP contribution in [0.3, 0.4) is 0 Å². The number of nitrogens with one attached hydrogen (secondary N) is 1. The number of hydrogen-bond donors (Lipinski definition) is 2. The molecule has 5 heteroatoms. The first-order valence-electron chi connectivity index (χ1n) is 6.27. The highest BCUT2D eigenvalue weighted by Gasteiger charge is 2.17. The average molecular weight is 329 g/mol. The van der Waals surface area contributed by atoms with Gasteiger partial charge in [-0.25, -0.2) is 0 Å². The molecule has 0 spiro atoms. The number of hydrogen-bond acceptors (Lipinski definition) is 3. The lowest BCUT2D eigenvalue weighted by molar-refractivity contribution is -0.123. The van der Waals surface area contributed by atoms with Crippen LogP contribution < -0.4 is 10.2 Å². The van der Waals surface area contributed by atoms with E-state index in [2.05, 4.69) is 21.2 Å². The molecule has 0 aliphatic carbocycles.